The van der Waals surface area contributed by atoms with E-state index in [1.165, 1.54) is 0 Å². The van der Waals surface area contributed by atoms with Crippen LogP contribution in [0.25, 0.3) is 5.82 Å². The lowest BCUT2D eigenvalue weighted by molar-refractivity contribution is -0.143. The fourth-order valence-corrected chi connectivity index (χ4v) is 1.38. The predicted octanol–water partition coefficient (Wildman–Crippen LogP) is 1.08. The Hall–Kier alpha value is -2.65. The number of carboxylic acids is 1. The van der Waals surface area contributed by atoms with Gasteiger partial charge in [0.2, 0.25) is 5.88 Å². The van der Waals surface area contributed by atoms with Gasteiger partial charge in [0.05, 0.1) is 6.20 Å². The number of carbonyl (C=O) groups is 1. The molecule has 0 atom stereocenters. The summed E-state index contributed by atoms with van der Waals surface area (Å²) in [5, 5.41) is 27.4. The predicted molar refractivity (Wildman–Crippen MR) is 52.8 cm³/mol. The highest BCUT2D eigenvalue weighted by Crippen LogP contribution is 2.33. The molecule has 0 aliphatic carbocycles. The Morgan fingerprint density at radius 3 is 2.42 bits per heavy atom. The van der Waals surface area contributed by atoms with Gasteiger partial charge in [0, 0.05) is 6.07 Å². The number of hydrogen-bond acceptors (Lipinski definition) is 5. The summed E-state index contributed by atoms with van der Waals surface area (Å²) in [6, 6.07) is 2.03. The molecule has 0 saturated carbocycles. The number of aromatic nitrogens is 4. The molecule has 0 unspecified atom stereocenters. The first-order valence-corrected chi connectivity index (χ1v) is 4.72. The van der Waals surface area contributed by atoms with Crippen molar-refractivity contribution in [2.45, 2.75) is 6.18 Å². The molecule has 100 valence electrons. The third kappa shape index (κ3) is 2.32. The van der Waals surface area contributed by atoms with Gasteiger partial charge in [-0.05, 0) is 6.07 Å². The van der Waals surface area contributed by atoms with Crippen LogP contribution in [0, 0.1) is 0 Å². The molecule has 10 heteroatoms. The minimum absolute atomic E-state index is 0.301. The number of nitrogens with zero attached hydrogens (tertiary/aromatic N) is 4. The number of hydrogen-bond donors (Lipinski definition) is 2. The normalized spacial score (nSPS) is 11.5. The maximum Gasteiger partial charge on any atom is 0.434 e. The van der Waals surface area contributed by atoms with Crippen LogP contribution in [0.4, 0.5) is 13.2 Å². The smallest absolute Gasteiger partial charge is 0.434 e. The summed E-state index contributed by atoms with van der Waals surface area (Å²) in [6.07, 6.45) is -4.36. The number of alkyl halides is 3. The van der Waals surface area contributed by atoms with Gasteiger partial charge in [0.1, 0.15) is 5.56 Å². The van der Waals surface area contributed by atoms with Crippen molar-refractivity contribution in [3.05, 3.63) is 29.6 Å². The number of halogens is 3. The zero-order valence-corrected chi connectivity index (χ0v) is 8.96. The zero-order chi connectivity index (χ0) is 14.2. The van der Waals surface area contributed by atoms with Gasteiger partial charge in [-0.2, -0.15) is 18.3 Å². The Morgan fingerprint density at radius 2 is 1.95 bits per heavy atom. The van der Waals surface area contributed by atoms with Gasteiger partial charge >= 0.3 is 12.1 Å². The second-order valence-electron chi connectivity index (χ2n) is 3.37. The molecule has 19 heavy (non-hydrogen) atoms. The Balaban J connectivity index is 2.64. The molecule has 0 aliphatic heterocycles. The maximum absolute atomic E-state index is 12.8. The molecule has 0 saturated heterocycles. The summed E-state index contributed by atoms with van der Waals surface area (Å²) < 4.78 is 38.8. The molecule has 2 aromatic rings. The molecule has 2 aromatic heterocycles. The van der Waals surface area contributed by atoms with E-state index >= 15 is 0 Å². The van der Waals surface area contributed by atoms with E-state index in [9.17, 15) is 18.0 Å². The molecular weight excluding hydrogens is 269 g/mol. The van der Waals surface area contributed by atoms with Gasteiger partial charge in [0.15, 0.2) is 11.5 Å². The van der Waals surface area contributed by atoms with E-state index in [0.29, 0.717) is 10.9 Å². The third-order valence-electron chi connectivity index (χ3n) is 2.12. The second-order valence-corrected chi connectivity index (χ2v) is 3.37. The van der Waals surface area contributed by atoms with Crippen LogP contribution >= 0.6 is 0 Å². The molecule has 0 amide bonds. The van der Waals surface area contributed by atoms with Gasteiger partial charge in [-0.1, -0.05) is 0 Å². The Labute approximate surface area is 102 Å². The average molecular weight is 274 g/mol. The highest BCUT2D eigenvalue weighted by atomic mass is 19.4. The number of rotatable bonds is 2. The molecule has 7 nitrogen and oxygen atoms in total. The Bertz CT molecular complexity index is 621. The molecule has 0 spiro atoms. The van der Waals surface area contributed by atoms with Gasteiger partial charge in [0.25, 0.3) is 0 Å². The molecule has 0 bridgehead atoms. The molecule has 2 N–H and O–H groups in total. The highest BCUT2D eigenvalue weighted by Gasteiger charge is 2.41. The van der Waals surface area contributed by atoms with Crippen LogP contribution in [-0.2, 0) is 6.18 Å². The molecule has 0 aromatic carbocycles. The number of aromatic carboxylic acids is 1. The van der Waals surface area contributed by atoms with Crippen LogP contribution in [0.2, 0.25) is 0 Å². The number of carboxylic acid groups (broad SMARTS) is 1. The molecule has 2 rings (SSSR count). The van der Waals surface area contributed by atoms with Crippen molar-refractivity contribution < 1.29 is 28.2 Å². The number of aromatic hydroxyl groups is 1. The van der Waals surface area contributed by atoms with E-state index in [1.54, 1.807) is 0 Å². The lowest BCUT2D eigenvalue weighted by Crippen LogP contribution is -2.18. The SMILES string of the molecule is O=C(O)c1cnn(-c2ccc(O)nn2)c1C(F)(F)F. The van der Waals surface area contributed by atoms with Crippen LogP contribution in [0.3, 0.4) is 0 Å². The quantitative estimate of drug-likeness (QED) is 0.849. The van der Waals surface area contributed by atoms with Crippen molar-refractivity contribution in [2.75, 3.05) is 0 Å². The Kier molecular flexibility index (Phi) is 2.85. The van der Waals surface area contributed by atoms with E-state index in [0.717, 1.165) is 12.1 Å². The van der Waals surface area contributed by atoms with Crippen molar-refractivity contribution in [3.8, 4) is 11.7 Å². The van der Waals surface area contributed by atoms with Crippen LogP contribution in [0.15, 0.2) is 18.3 Å². The third-order valence-corrected chi connectivity index (χ3v) is 2.12. The van der Waals surface area contributed by atoms with Gasteiger partial charge in [-0.25, -0.2) is 9.48 Å². The van der Waals surface area contributed by atoms with Crippen LogP contribution in [0.5, 0.6) is 5.88 Å². The monoisotopic (exact) mass is 274 g/mol. The Morgan fingerprint density at radius 1 is 1.26 bits per heavy atom. The standard InChI is InChI=1S/C9H5F3N4O3/c10-9(11,12)7-4(8(18)19)3-13-16(7)5-1-2-6(17)15-14-5/h1-3H,(H,15,17)(H,18,19). The van der Waals surface area contributed by atoms with Crippen molar-refractivity contribution in [3.63, 3.8) is 0 Å². The zero-order valence-electron chi connectivity index (χ0n) is 8.96. The highest BCUT2D eigenvalue weighted by molar-refractivity contribution is 5.89. The van der Waals surface area contributed by atoms with E-state index in [-0.39, 0.29) is 5.82 Å². The summed E-state index contributed by atoms with van der Waals surface area (Å²) in [5.74, 6) is -2.61. The van der Waals surface area contributed by atoms with E-state index < -0.39 is 29.3 Å². The fraction of sp³-hybridized carbons (Fsp3) is 0.111. The van der Waals surface area contributed by atoms with E-state index in [4.69, 9.17) is 10.2 Å². The molecule has 0 fully saturated rings. The summed E-state index contributed by atoms with van der Waals surface area (Å²) in [6.45, 7) is 0. The summed E-state index contributed by atoms with van der Waals surface area (Å²) >= 11 is 0. The summed E-state index contributed by atoms with van der Waals surface area (Å²) in [7, 11) is 0. The minimum atomic E-state index is -4.93. The first-order chi connectivity index (χ1) is 8.80. The van der Waals surface area contributed by atoms with Crippen LogP contribution in [-0.4, -0.2) is 36.2 Å². The van der Waals surface area contributed by atoms with Crippen LogP contribution in [0.1, 0.15) is 16.1 Å². The maximum atomic E-state index is 12.8. The average Bonchev–Trinajstić information content (AvgIpc) is 2.74. The molecule has 0 radical (unpaired) electrons. The fourth-order valence-electron chi connectivity index (χ4n) is 1.38. The van der Waals surface area contributed by atoms with Crippen molar-refractivity contribution in [1.82, 2.24) is 20.0 Å². The van der Waals surface area contributed by atoms with E-state index in [1.807, 2.05) is 0 Å². The van der Waals surface area contributed by atoms with Crippen LogP contribution < -0.4 is 0 Å². The topological polar surface area (TPSA) is 101 Å². The van der Waals surface area contributed by atoms with E-state index in [2.05, 4.69) is 15.3 Å². The van der Waals surface area contributed by atoms with Gasteiger partial charge in [-0.15, -0.1) is 10.2 Å². The van der Waals surface area contributed by atoms with Gasteiger partial charge < -0.3 is 10.2 Å². The van der Waals surface area contributed by atoms with Crippen molar-refractivity contribution in [1.29, 1.82) is 0 Å². The first-order valence-electron chi connectivity index (χ1n) is 4.72. The minimum Gasteiger partial charge on any atom is -0.492 e. The summed E-state index contributed by atoms with van der Waals surface area (Å²) in [4.78, 5) is 10.7. The van der Waals surface area contributed by atoms with Crippen molar-refractivity contribution in [2.24, 2.45) is 0 Å². The summed E-state index contributed by atoms with van der Waals surface area (Å²) in [5.41, 5.74) is -2.47. The first kappa shape index (κ1) is 12.8. The lowest BCUT2D eigenvalue weighted by Gasteiger charge is -2.10. The second kappa shape index (κ2) is 4.23. The largest absolute Gasteiger partial charge is 0.492 e. The van der Waals surface area contributed by atoms with Gasteiger partial charge in [-0.3, -0.25) is 0 Å². The lowest BCUT2D eigenvalue weighted by atomic mass is 10.2. The molecular formula is C9H5F3N4O3. The van der Waals surface area contributed by atoms with Crippen molar-refractivity contribution >= 4 is 5.97 Å². The molecule has 2 heterocycles. The molecule has 0 aliphatic rings.